The standard InChI is InChI=1S/C17H11F6NO2/c18-16(19,20)12-6-13(17(21,22)23)8-14(7-12)24-15(26)5-10-1-3-11(9-25)4-2-10/h1-4,6-9H,5H2,(H,24,26). The first-order valence-electron chi connectivity index (χ1n) is 7.12. The van der Waals surface area contributed by atoms with Crippen LogP contribution in [0.4, 0.5) is 32.0 Å². The van der Waals surface area contributed by atoms with Gasteiger partial charge in [-0.3, -0.25) is 9.59 Å². The van der Waals surface area contributed by atoms with Crippen LogP contribution in [0.1, 0.15) is 27.0 Å². The first-order valence-corrected chi connectivity index (χ1v) is 7.12. The number of carbonyl (C=O) groups excluding carboxylic acids is 2. The number of alkyl halides is 6. The minimum Gasteiger partial charge on any atom is -0.326 e. The van der Waals surface area contributed by atoms with Gasteiger partial charge in [-0.25, -0.2) is 0 Å². The SMILES string of the molecule is O=Cc1ccc(CC(=O)Nc2cc(C(F)(F)F)cc(C(F)(F)F)c2)cc1. The average molecular weight is 375 g/mol. The van der Waals surface area contributed by atoms with Crippen molar-refractivity contribution in [2.75, 3.05) is 5.32 Å². The van der Waals surface area contributed by atoms with Crippen LogP contribution in [0.15, 0.2) is 42.5 Å². The maximum absolute atomic E-state index is 12.8. The molecule has 0 atom stereocenters. The molecule has 0 saturated carbocycles. The van der Waals surface area contributed by atoms with Gasteiger partial charge in [0.25, 0.3) is 0 Å². The van der Waals surface area contributed by atoms with E-state index >= 15 is 0 Å². The molecule has 3 nitrogen and oxygen atoms in total. The first kappa shape index (κ1) is 19.5. The van der Waals surface area contributed by atoms with Crippen LogP contribution in [0.25, 0.3) is 0 Å². The summed E-state index contributed by atoms with van der Waals surface area (Å²) in [5, 5.41) is 2.04. The second-order valence-electron chi connectivity index (χ2n) is 5.38. The van der Waals surface area contributed by atoms with E-state index in [-0.39, 0.29) is 12.5 Å². The van der Waals surface area contributed by atoms with Crippen molar-refractivity contribution in [3.8, 4) is 0 Å². The van der Waals surface area contributed by atoms with E-state index in [4.69, 9.17) is 0 Å². The molecular formula is C17H11F6NO2. The number of anilines is 1. The van der Waals surface area contributed by atoms with E-state index in [0.717, 1.165) is 0 Å². The Balaban J connectivity index is 2.23. The van der Waals surface area contributed by atoms with Crippen LogP contribution in [0.3, 0.4) is 0 Å². The van der Waals surface area contributed by atoms with Crippen LogP contribution in [-0.2, 0) is 23.6 Å². The van der Waals surface area contributed by atoms with Gasteiger partial charge in [-0.15, -0.1) is 0 Å². The minimum absolute atomic E-state index is 0.0200. The minimum atomic E-state index is -4.99. The highest BCUT2D eigenvalue weighted by Crippen LogP contribution is 2.37. The Kier molecular flexibility index (Phi) is 5.38. The maximum Gasteiger partial charge on any atom is 0.416 e. The monoisotopic (exact) mass is 375 g/mol. The first-order chi connectivity index (χ1) is 12.0. The highest BCUT2D eigenvalue weighted by Gasteiger charge is 2.37. The van der Waals surface area contributed by atoms with E-state index in [0.29, 0.717) is 29.5 Å². The van der Waals surface area contributed by atoms with Gasteiger partial charge in [-0.05, 0) is 23.8 Å². The van der Waals surface area contributed by atoms with Gasteiger partial charge in [-0.2, -0.15) is 26.3 Å². The molecular weight excluding hydrogens is 364 g/mol. The number of halogens is 6. The van der Waals surface area contributed by atoms with Gasteiger partial charge in [0, 0.05) is 11.3 Å². The zero-order valence-electron chi connectivity index (χ0n) is 12.9. The number of nitrogens with one attached hydrogen (secondary N) is 1. The van der Waals surface area contributed by atoms with Gasteiger partial charge >= 0.3 is 12.4 Å². The fraction of sp³-hybridized carbons (Fsp3) is 0.176. The van der Waals surface area contributed by atoms with Crippen LogP contribution < -0.4 is 5.32 Å². The molecule has 0 radical (unpaired) electrons. The maximum atomic E-state index is 12.8. The molecule has 0 spiro atoms. The Bertz CT molecular complexity index is 777. The zero-order valence-corrected chi connectivity index (χ0v) is 12.9. The molecule has 0 heterocycles. The van der Waals surface area contributed by atoms with E-state index < -0.39 is 35.1 Å². The zero-order chi connectivity index (χ0) is 19.5. The molecule has 0 aliphatic carbocycles. The second kappa shape index (κ2) is 7.19. The van der Waals surface area contributed by atoms with Crippen LogP contribution in [-0.4, -0.2) is 12.2 Å². The number of rotatable bonds is 4. The number of aldehydes is 1. The van der Waals surface area contributed by atoms with Gasteiger partial charge in [0.1, 0.15) is 6.29 Å². The lowest BCUT2D eigenvalue weighted by Crippen LogP contribution is -2.17. The van der Waals surface area contributed by atoms with Crippen molar-refractivity contribution in [2.24, 2.45) is 0 Å². The fourth-order valence-electron chi connectivity index (χ4n) is 2.13. The van der Waals surface area contributed by atoms with Gasteiger partial charge in [0.15, 0.2) is 0 Å². The molecule has 0 fully saturated rings. The van der Waals surface area contributed by atoms with E-state index in [2.05, 4.69) is 0 Å². The molecule has 9 heteroatoms. The number of amides is 1. The van der Waals surface area contributed by atoms with Crippen LogP contribution in [0.5, 0.6) is 0 Å². The average Bonchev–Trinajstić information content (AvgIpc) is 2.53. The number of carbonyl (C=O) groups is 2. The molecule has 2 aromatic carbocycles. The summed E-state index contributed by atoms with van der Waals surface area (Å²) >= 11 is 0. The summed E-state index contributed by atoms with van der Waals surface area (Å²) in [5.41, 5.74) is -2.84. The second-order valence-corrected chi connectivity index (χ2v) is 5.38. The predicted molar refractivity (Wildman–Crippen MR) is 80.6 cm³/mol. The quantitative estimate of drug-likeness (QED) is 0.621. The van der Waals surface area contributed by atoms with Crippen molar-refractivity contribution in [1.29, 1.82) is 0 Å². The Morgan fingerprint density at radius 1 is 0.885 bits per heavy atom. The highest BCUT2D eigenvalue weighted by atomic mass is 19.4. The predicted octanol–water partition coefficient (Wildman–Crippen LogP) is 4.72. The van der Waals surface area contributed by atoms with Gasteiger partial charge in [0.2, 0.25) is 5.91 Å². The van der Waals surface area contributed by atoms with E-state index in [9.17, 15) is 35.9 Å². The number of benzene rings is 2. The summed E-state index contributed by atoms with van der Waals surface area (Å²) in [5.74, 6) is -0.795. The Labute approximate surface area is 143 Å². The lowest BCUT2D eigenvalue weighted by Gasteiger charge is -2.14. The summed E-state index contributed by atoms with van der Waals surface area (Å²) in [6.45, 7) is 0. The summed E-state index contributed by atoms with van der Waals surface area (Å²) in [6, 6.07) is 6.62. The van der Waals surface area contributed by atoms with E-state index in [1.165, 1.54) is 24.3 Å². The van der Waals surface area contributed by atoms with Crippen molar-refractivity contribution in [3.05, 3.63) is 64.7 Å². The van der Waals surface area contributed by atoms with Crippen LogP contribution in [0, 0.1) is 0 Å². The van der Waals surface area contributed by atoms with Gasteiger partial charge in [0.05, 0.1) is 17.5 Å². The van der Waals surface area contributed by atoms with Crippen molar-refractivity contribution in [1.82, 2.24) is 0 Å². The Morgan fingerprint density at radius 2 is 1.38 bits per heavy atom. The van der Waals surface area contributed by atoms with E-state index in [1.54, 1.807) is 0 Å². The summed E-state index contributed by atoms with van der Waals surface area (Å²) < 4.78 is 76.7. The van der Waals surface area contributed by atoms with Crippen molar-refractivity contribution in [3.63, 3.8) is 0 Å². The van der Waals surface area contributed by atoms with Crippen molar-refractivity contribution in [2.45, 2.75) is 18.8 Å². The molecule has 2 aromatic rings. The third-order valence-electron chi connectivity index (χ3n) is 3.35. The van der Waals surface area contributed by atoms with Crippen LogP contribution in [0.2, 0.25) is 0 Å². The number of hydrogen-bond donors (Lipinski definition) is 1. The summed E-state index contributed by atoms with van der Waals surface area (Å²) in [6.07, 6.45) is -9.68. The lowest BCUT2D eigenvalue weighted by atomic mass is 10.1. The molecule has 0 unspecified atom stereocenters. The smallest absolute Gasteiger partial charge is 0.326 e. The summed E-state index contributed by atoms with van der Waals surface area (Å²) in [4.78, 5) is 22.5. The molecule has 0 bridgehead atoms. The molecule has 0 aliphatic rings. The molecule has 0 saturated heterocycles. The fourth-order valence-corrected chi connectivity index (χ4v) is 2.13. The molecule has 2 rings (SSSR count). The van der Waals surface area contributed by atoms with Gasteiger partial charge < -0.3 is 5.32 Å². The molecule has 0 aliphatic heterocycles. The molecule has 1 N–H and O–H groups in total. The summed E-state index contributed by atoms with van der Waals surface area (Å²) in [7, 11) is 0. The lowest BCUT2D eigenvalue weighted by molar-refractivity contribution is -0.143. The Morgan fingerprint density at radius 3 is 1.81 bits per heavy atom. The topological polar surface area (TPSA) is 46.2 Å². The van der Waals surface area contributed by atoms with Crippen molar-refractivity contribution < 1.29 is 35.9 Å². The van der Waals surface area contributed by atoms with Crippen LogP contribution >= 0.6 is 0 Å². The molecule has 1 amide bonds. The normalized spacial score (nSPS) is 11.9. The third kappa shape index (κ3) is 5.08. The molecule has 138 valence electrons. The van der Waals surface area contributed by atoms with E-state index in [1.807, 2.05) is 5.32 Å². The highest BCUT2D eigenvalue weighted by molar-refractivity contribution is 5.92. The Hall–Kier alpha value is -2.84. The molecule has 26 heavy (non-hydrogen) atoms. The number of hydrogen-bond acceptors (Lipinski definition) is 2. The van der Waals surface area contributed by atoms with Gasteiger partial charge in [-0.1, -0.05) is 24.3 Å². The van der Waals surface area contributed by atoms with Crippen molar-refractivity contribution >= 4 is 17.9 Å². The largest absolute Gasteiger partial charge is 0.416 e. The third-order valence-corrected chi connectivity index (χ3v) is 3.35. The molecule has 0 aromatic heterocycles.